The minimum absolute atomic E-state index is 0.356. The molecule has 0 spiro atoms. The highest BCUT2D eigenvalue weighted by molar-refractivity contribution is 5.67. The van der Waals surface area contributed by atoms with Gasteiger partial charge in [-0.05, 0) is 27.3 Å². The molecule has 0 heterocycles. The van der Waals surface area contributed by atoms with Gasteiger partial charge in [-0.25, -0.2) is 4.79 Å². The molecule has 15 heavy (non-hydrogen) atoms. The van der Waals surface area contributed by atoms with Gasteiger partial charge in [-0.1, -0.05) is 6.92 Å². The van der Waals surface area contributed by atoms with Gasteiger partial charge < -0.3 is 15.4 Å². The van der Waals surface area contributed by atoms with Crippen molar-refractivity contribution in [2.24, 2.45) is 0 Å². The smallest absolute Gasteiger partial charge is 0.407 e. The maximum Gasteiger partial charge on any atom is 0.407 e. The Labute approximate surface area is 93.1 Å². The summed E-state index contributed by atoms with van der Waals surface area (Å²) in [4.78, 5) is 11.1. The minimum Gasteiger partial charge on any atom is -0.444 e. The molecule has 0 unspecified atom stereocenters. The zero-order valence-electron chi connectivity index (χ0n) is 10.4. The molecule has 90 valence electrons. The molecule has 0 rings (SSSR count). The molecule has 0 aromatic heterocycles. The van der Waals surface area contributed by atoms with Crippen LogP contribution < -0.4 is 10.6 Å². The van der Waals surface area contributed by atoms with Gasteiger partial charge in [-0.3, -0.25) is 0 Å². The van der Waals surface area contributed by atoms with E-state index in [2.05, 4.69) is 23.8 Å². The third-order valence-corrected chi connectivity index (χ3v) is 1.22. The first-order valence-electron chi connectivity index (χ1n) is 5.13. The topological polar surface area (TPSA) is 50.4 Å². The number of hydrogen-bond donors (Lipinski definition) is 2. The van der Waals surface area contributed by atoms with Gasteiger partial charge in [-0.15, -0.1) is 13.2 Å². The van der Waals surface area contributed by atoms with E-state index in [4.69, 9.17) is 4.74 Å². The van der Waals surface area contributed by atoms with Gasteiger partial charge in [0.25, 0.3) is 0 Å². The van der Waals surface area contributed by atoms with E-state index in [9.17, 15) is 4.79 Å². The molecule has 0 aromatic carbocycles. The average Bonchev–Trinajstić information content (AvgIpc) is 2.13. The molecular formula is C11H24N2O2. The van der Waals surface area contributed by atoms with Crippen molar-refractivity contribution in [1.82, 2.24) is 10.6 Å². The first-order chi connectivity index (χ1) is 6.95. The molecule has 4 heteroatoms. The summed E-state index contributed by atoms with van der Waals surface area (Å²) in [5, 5.41) is 5.75. The van der Waals surface area contributed by atoms with Gasteiger partial charge in [0.05, 0.1) is 0 Å². The summed E-state index contributed by atoms with van der Waals surface area (Å²) in [5.41, 5.74) is -0.414. The van der Waals surface area contributed by atoms with Crippen LogP contribution in [0.5, 0.6) is 0 Å². The van der Waals surface area contributed by atoms with E-state index >= 15 is 0 Å². The number of hydrogen-bond acceptors (Lipinski definition) is 3. The second kappa shape index (κ2) is 9.52. The molecule has 2 N–H and O–H groups in total. The maximum absolute atomic E-state index is 11.1. The second-order valence-corrected chi connectivity index (χ2v) is 3.78. The molecular weight excluding hydrogens is 192 g/mol. The van der Waals surface area contributed by atoms with Crippen LogP contribution in [0.2, 0.25) is 0 Å². The predicted molar refractivity (Wildman–Crippen MR) is 64.0 cm³/mol. The van der Waals surface area contributed by atoms with Crippen molar-refractivity contribution in [1.29, 1.82) is 0 Å². The van der Waals surface area contributed by atoms with Crippen molar-refractivity contribution < 1.29 is 9.53 Å². The lowest BCUT2D eigenvalue weighted by Crippen LogP contribution is -2.36. The molecule has 0 fully saturated rings. The predicted octanol–water partition coefficient (Wildman–Crippen LogP) is 1.92. The van der Waals surface area contributed by atoms with Gasteiger partial charge >= 0.3 is 6.09 Å². The first kappa shape index (κ1) is 16.4. The SMILES string of the molecule is C=C.CCNCCNC(=O)OC(C)(C)C. The fraction of sp³-hybridized carbons (Fsp3) is 0.727. The summed E-state index contributed by atoms with van der Waals surface area (Å²) in [5.74, 6) is 0. The van der Waals surface area contributed by atoms with E-state index in [1.54, 1.807) is 0 Å². The summed E-state index contributed by atoms with van der Waals surface area (Å²) in [6.07, 6.45) is -0.356. The molecule has 1 amide bonds. The Kier molecular flexibility index (Phi) is 10.4. The number of alkyl carbamates (subject to hydrolysis) is 1. The van der Waals surface area contributed by atoms with Crippen molar-refractivity contribution >= 4 is 6.09 Å². The summed E-state index contributed by atoms with van der Waals surface area (Å²) < 4.78 is 5.04. The van der Waals surface area contributed by atoms with Gasteiger partial charge in [-0.2, -0.15) is 0 Å². The van der Waals surface area contributed by atoms with Crippen LogP contribution in [0, 0.1) is 0 Å². The number of likely N-dealkylation sites (N-methyl/N-ethyl adjacent to an activating group) is 1. The lowest BCUT2D eigenvalue weighted by molar-refractivity contribution is 0.0528. The van der Waals surface area contributed by atoms with E-state index in [1.165, 1.54) is 0 Å². The van der Waals surface area contributed by atoms with Crippen LogP contribution in [0.3, 0.4) is 0 Å². The standard InChI is InChI=1S/C9H20N2O2.C2H4/c1-5-10-6-7-11-8(12)13-9(2,3)4;1-2/h10H,5-7H2,1-4H3,(H,11,12);1-2H2. The Balaban J connectivity index is 0. The number of rotatable bonds is 4. The number of carbonyl (C=O) groups is 1. The maximum atomic E-state index is 11.1. The van der Waals surface area contributed by atoms with Gasteiger partial charge in [0, 0.05) is 13.1 Å². The Morgan fingerprint density at radius 3 is 2.20 bits per heavy atom. The van der Waals surface area contributed by atoms with Gasteiger partial charge in [0.15, 0.2) is 0 Å². The molecule has 0 aromatic rings. The van der Waals surface area contributed by atoms with E-state index in [0.29, 0.717) is 6.54 Å². The normalized spacial score (nSPS) is 9.87. The third-order valence-electron chi connectivity index (χ3n) is 1.22. The lowest BCUT2D eigenvalue weighted by Gasteiger charge is -2.19. The first-order valence-corrected chi connectivity index (χ1v) is 5.13. The van der Waals surface area contributed by atoms with E-state index in [1.807, 2.05) is 27.7 Å². The van der Waals surface area contributed by atoms with Crippen molar-refractivity contribution in [2.75, 3.05) is 19.6 Å². The Morgan fingerprint density at radius 1 is 1.27 bits per heavy atom. The van der Waals surface area contributed by atoms with Gasteiger partial charge in [0.2, 0.25) is 0 Å². The summed E-state index contributed by atoms with van der Waals surface area (Å²) in [6, 6.07) is 0. The molecule has 0 bridgehead atoms. The van der Waals surface area contributed by atoms with Crippen LogP contribution in [0.15, 0.2) is 13.2 Å². The highest BCUT2D eigenvalue weighted by atomic mass is 16.6. The highest BCUT2D eigenvalue weighted by Crippen LogP contribution is 2.05. The molecule has 0 aliphatic carbocycles. The fourth-order valence-corrected chi connectivity index (χ4v) is 0.744. The minimum atomic E-state index is -0.414. The molecule has 0 aliphatic heterocycles. The number of ether oxygens (including phenoxy) is 1. The quantitative estimate of drug-likeness (QED) is 0.557. The van der Waals surface area contributed by atoms with E-state index in [-0.39, 0.29) is 6.09 Å². The molecule has 0 saturated carbocycles. The van der Waals surface area contributed by atoms with Crippen LogP contribution in [0.25, 0.3) is 0 Å². The highest BCUT2D eigenvalue weighted by Gasteiger charge is 2.15. The van der Waals surface area contributed by atoms with Crippen molar-refractivity contribution in [3.8, 4) is 0 Å². The largest absolute Gasteiger partial charge is 0.444 e. The summed E-state index contributed by atoms with van der Waals surface area (Å²) in [6.45, 7) is 15.8. The van der Waals surface area contributed by atoms with Crippen molar-refractivity contribution in [3.05, 3.63) is 13.2 Å². The van der Waals surface area contributed by atoms with Crippen LogP contribution >= 0.6 is 0 Å². The molecule has 4 nitrogen and oxygen atoms in total. The Morgan fingerprint density at radius 2 is 1.80 bits per heavy atom. The summed E-state index contributed by atoms with van der Waals surface area (Å²) in [7, 11) is 0. The lowest BCUT2D eigenvalue weighted by atomic mass is 10.2. The van der Waals surface area contributed by atoms with E-state index in [0.717, 1.165) is 13.1 Å². The molecule has 0 aliphatic rings. The van der Waals surface area contributed by atoms with Crippen LogP contribution in [-0.4, -0.2) is 31.3 Å². The summed E-state index contributed by atoms with van der Waals surface area (Å²) >= 11 is 0. The number of nitrogens with one attached hydrogen (secondary N) is 2. The van der Waals surface area contributed by atoms with Crippen molar-refractivity contribution in [2.45, 2.75) is 33.3 Å². The Hall–Kier alpha value is -1.03. The molecule has 0 atom stereocenters. The zero-order valence-corrected chi connectivity index (χ0v) is 10.4. The zero-order chi connectivity index (χ0) is 12.3. The van der Waals surface area contributed by atoms with Gasteiger partial charge in [0.1, 0.15) is 5.60 Å². The average molecular weight is 216 g/mol. The van der Waals surface area contributed by atoms with Crippen molar-refractivity contribution in [3.63, 3.8) is 0 Å². The third kappa shape index (κ3) is 15.7. The van der Waals surface area contributed by atoms with Crippen LogP contribution in [0.4, 0.5) is 4.79 Å². The second-order valence-electron chi connectivity index (χ2n) is 3.78. The van der Waals surface area contributed by atoms with E-state index < -0.39 is 5.60 Å². The number of amides is 1. The molecule has 0 radical (unpaired) electrons. The molecule has 0 saturated heterocycles. The fourth-order valence-electron chi connectivity index (χ4n) is 0.744. The Bertz CT molecular complexity index is 164. The number of carbonyl (C=O) groups excluding carboxylic acids is 1. The van der Waals surface area contributed by atoms with Crippen LogP contribution in [0.1, 0.15) is 27.7 Å². The monoisotopic (exact) mass is 216 g/mol. The van der Waals surface area contributed by atoms with Crippen LogP contribution in [-0.2, 0) is 4.74 Å².